The van der Waals surface area contributed by atoms with Gasteiger partial charge < -0.3 is 4.90 Å². The van der Waals surface area contributed by atoms with Crippen LogP contribution < -0.4 is 4.90 Å². The number of anilines is 3. The molecule has 0 atom stereocenters. The molecule has 0 amide bonds. The summed E-state index contributed by atoms with van der Waals surface area (Å²) in [5, 5.41) is 10.3. The zero-order valence-corrected chi connectivity index (χ0v) is 24.9. The van der Waals surface area contributed by atoms with Gasteiger partial charge in [0.2, 0.25) is 0 Å². The summed E-state index contributed by atoms with van der Waals surface area (Å²) in [5.74, 6) is 0. The Balaban J connectivity index is 1.27. The highest BCUT2D eigenvalue weighted by Gasteiger charge is 2.35. The Labute approximate surface area is 257 Å². The van der Waals surface area contributed by atoms with E-state index in [0.29, 0.717) is 0 Å². The van der Waals surface area contributed by atoms with Crippen LogP contribution in [0.4, 0.5) is 17.1 Å². The molecule has 44 heavy (non-hydrogen) atoms. The van der Waals surface area contributed by atoms with Crippen LogP contribution in [0.1, 0.15) is 25.0 Å². The quantitative estimate of drug-likeness (QED) is 0.194. The largest absolute Gasteiger partial charge is 0.310 e. The summed E-state index contributed by atoms with van der Waals surface area (Å²) in [6.07, 6.45) is 0. The zero-order chi connectivity index (χ0) is 29.4. The Kier molecular flexibility index (Phi) is 5.31. The lowest BCUT2D eigenvalue weighted by Crippen LogP contribution is -2.16. The molecule has 0 fully saturated rings. The first-order chi connectivity index (χ1) is 21.6. The van der Waals surface area contributed by atoms with Crippen LogP contribution in [-0.2, 0) is 5.41 Å². The van der Waals surface area contributed by atoms with Gasteiger partial charge in [0.15, 0.2) is 0 Å². The summed E-state index contributed by atoms with van der Waals surface area (Å²) in [7, 11) is 0. The molecule has 0 unspecified atom stereocenters. The molecule has 0 saturated carbocycles. The molecule has 208 valence electrons. The van der Waals surface area contributed by atoms with Crippen LogP contribution in [0, 0.1) is 0 Å². The molecule has 1 nitrogen and oxygen atoms in total. The van der Waals surface area contributed by atoms with Crippen LogP contribution in [0.25, 0.3) is 54.2 Å². The minimum Gasteiger partial charge on any atom is -0.310 e. The van der Waals surface area contributed by atoms with E-state index >= 15 is 0 Å². The summed E-state index contributed by atoms with van der Waals surface area (Å²) in [5.41, 5.74) is 8.88. The van der Waals surface area contributed by atoms with Crippen molar-refractivity contribution in [1.82, 2.24) is 0 Å². The summed E-state index contributed by atoms with van der Waals surface area (Å²) in [4.78, 5) is 2.40. The van der Waals surface area contributed by atoms with Gasteiger partial charge in [0.1, 0.15) is 0 Å². The van der Waals surface area contributed by atoms with Crippen molar-refractivity contribution < 1.29 is 0 Å². The predicted octanol–water partition coefficient (Wildman–Crippen LogP) is 12.1. The van der Waals surface area contributed by atoms with E-state index < -0.39 is 0 Å². The molecule has 0 bridgehead atoms. The van der Waals surface area contributed by atoms with Crippen molar-refractivity contribution in [3.8, 4) is 11.1 Å². The van der Waals surface area contributed by atoms with E-state index in [1.54, 1.807) is 0 Å². The average molecular weight is 562 g/mol. The second-order valence-corrected chi connectivity index (χ2v) is 12.6. The van der Waals surface area contributed by atoms with Crippen LogP contribution in [0.5, 0.6) is 0 Å². The second-order valence-electron chi connectivity index (χ2n) is 12.6. The molecule has 0 spiro atoms. The van der Waals surface area contributed by atoms with Crippen molar-refractivity contribution in [2.45, 2.75) is 19.3 Å². The smallest absolute Gasteiger partial charge is 0.0468 e. The van der Waals surface area contributed by atoms with Gasteiger partial charge in [-0.25, -0.2) is 0 Å². The topological polar surface area (TPSA) is 3.24 Å². The molecule has 0 N–H and O–H groups in total. The fraction of sp³-hybridized carbons (Fsp3) is 0.0698. The molecule has 1 aliphatic rings. The normalized spacial score (nSPS) is 13.4. The van der Waals surface area contributed by atoms with Crippen molar-refractivity contribution in [3.05, 3.63) is 163 Å². The van der Waals surface area contributed by atoms with E-state index in [9.17, 15) is 0 Å². The summed E-state index contributed by atoms with van der Waals surface area (Å²) < 4.78 is 0. The molecule has 1 aliphatic carbocycles. The molecular formula is C43H31N. The Morgan fingerprint density at radius 3 is 1.75 bits per heavy atom. The Morgan fingerprint density at radius 2 is 0.955 bits per heavy atom. The van der Waals surface area contributed by atoms with E-state index in [-0.39, 0.29) is 5.41 Å². The van der Waals surface area contributed by atoms with Gasteiger partial charge in [-0.2, -0.15) is 0 Å². The first kappa shape index (κ1) is 25.1. The third kappa shape index (κ3) is 3.59. The molecule has 0 saturated heterocycles. The first-order valence-electron chi connectivity index (χ1n) is 15.4. The highest BCUT2D eigenvalue weighted by atomic mass is 15.1. The lowest BCUT2D eigenvalue weighted by Gasteiger charge is -2.28. The average Bonchev–Trinajstić information content (AvgIpc) is 3.30. The minimum absolute atomic E-state index is 0.0591. The molecule has 0 aromatic heterocycles. The SMILES string of the molecule is CC1(C)c2ccccc2-c2ccc(N(c3ccccc3)c3ccc4c(ccc5ccc6ccc7ccccc7c6c54)c3)cc21. The van der Waals surface area contributed by atoms with Gasteiger partial charge in [-0.05, 0) is 102 Å². The van der Waals surface area contributed by atoms with Crippen LogP contribution in [0.15, 0.2) is 152 Å². The minimum atomic E-state index is -0.0591. The Hall–Kier alpha value is -5.40. The number of nitrogens with zero attached hydrogens (tertiary/aromatic N) is 1. The number of fused-ring (bicyclic) bond motifs is 10. The zero-order valence-electron chi connectivity index (χ0n) is 24.9. The molecule has 0 aliphatic heterocycles. The van der Waals surface area contributed by atoms with Crippen molar-refractivity contribution in [1.29, 1.82) is 0 Å². The monoisotopic (exact) mass is 561 g/mol. The number of rotatable bonds is 3. The van der Waals surface area contributed by atoms with E-state index in [4.69, 9.17) is 0 Å². The lowest BCUT2D eigenvalue weighted by molar-refractivity contribution is 0.660. The number of benzene rings is 8. The number of hydrogen-bond acceptors (Lipinski definition) is 1. The van der Waals surface area contributed by atoms with Crippen molar-refractivity contribution in [3.63, 3.8) is 0 Å². The Morgan fingerprint density at radius 1 is 0.386 bits per heavy atom. The van der Waals surface area contributed by atoms with Gasteiger partial charge in [0.05, 0.1) is 0 Å². The van der Waals surface area contributed by atoms with E-state index in [1.807, 2.05) is 0 Å². The molecular weight excluding hydrogens is 530 g/mol. The number of hydrogen-bond donors (Lipinski definition) is 0. The third-order valence-electron chi connectivity index (χ3n) is 9.79. The fourth-order valence-corrected chi connectivity index (χ4v) is 7.63. The van der Waals surface area contributed by atoms with Crippen LogP contribution in [0.2, 0.25) is 0 Å². The molecule has 8 aromatic rings. The predicted molar refractivity (Wildman–Crippen MR) is 189 cm³/mol. The van der Waals surface area contributed by atoms with Crippen molar-refractivity contribution in [2.75, 3.05) is 4.90 Å². The highest BCUT2D eigenvalue weighted by molar-refractivity contribution is 6.27. The van der Waals surface area contributed by atoms with Gasteiger partial charge in [0.25, 0.3) is 0 Å². The molecule has 9 rings (SSSR count). The van der Waals surface area contributed by atoms with Gasteiger partial charge in [-0.3, -0.25) is 0 Å². The maximum absolute atomic E-state index is 2.41. The molecule has 0 heterocycles. The standard InChI is InChI=1S/C43H31N/c1-43(2)39-15-9-8-14-37(39)38-25-23-34(27-40(38)43)44(32-11-4-3-5-12-32)33-22-24-36-31(26-33)21-20-30-19-18-29-17-16-28-10-6-7-13-35(28)41(29)42(30)36/h3-27H,1-2H3. The van der Waals surface area contributed by atoms with Gasteiger partial charge >= 0.3 is 0 Å². The van der Waals surface area contributed by atoms with Crippen molar-refractivity contribution >= 4 is 60.2 Å². The second kappa shape index (κ2) is 9.30. The molecule has 8 aromatic carbocycles. The number of para-hydroxylation sites is 1. The first-order valence-corrected chi connectivity index (χ1v) is 15.4. The Bertz CT molecular complexity index is 2410. The molecule has 0 radical (unpaired) electrons. The van der Waals surface area contributed by atoms with E-state index in [1.165, 1.54) is 71.0 Å². The molecule has 1 heteroatoms. The summed E-state index contributed by atoms with van der Waals surface area (Å²) in [6, 6.07) is 55.9. The van der Waals surface area contributed by atoms with Crippen LogP contribution in [0.3, 0.4) is 0 Å². The van der Waals surface area contributed by atoms with Gasteiger partial charge in [-0.15, -0.1) is 0 Å². The van der Waals surface area contributed by atoms with Crippen LogP contribution >= 0.6 is 0 Å². The highest BCUT2D eigenvalue weighted by Crippen LogP contribution is 2.50. The maximum atomic E-state index is 2.41. The van der Waals surface area contributed by atoms with E-state index in [0.717, 1.165) is 11.4 Å². The maximum Gasteiger partial charge on any atom is 0.0468 e. The van der Waals surface area contributed by atoms with Crippen LogP contribution in [-0.4, -0.2) is 0 Å². The summed E-state index contributed by atoms with van der Waals surface area (Å²) in [6.45, 7) is 4.70. The lowest BCUT2D eigenvalue weighted by atomic mass is 9.82. The third-order valence-corrected chi connectivity index (χ3v) is 9.79. The van der Waals surface area contributed by atoms with Gasteiger partial charge in [-0.1, -0.05) is 129 Å². The van der Waals surface area contributed by atoms with E-state index in [2.05, 4.69) is 170 Å². The van der Waals surface area contributed by atoms with Crippen molar-refractivity contribution in [2.24, 2.45) is 0 Å². The van der Waals surface area contributed by atoms with Gasteiger partial charge in [0, 0.05) is 22.5 Å². The fourth-order valence-electron chi connectivity index (χ4n) is 7.63. The summed E-state index contributed by atoms with van der Waals surface area (Å²) >= 11 is 0.